The van der Waals surface area contributed by atoms with Gasteiger partial charge in [0.15, 0.2) is 11.6 Å². The SMILES string of the molecule is CC1(C)O[C@@H]2[C@@H](c3ccc4c(N)ncnn34)O[C@](C#N)(COP(=O)(O)Oc3ccccc3Cl)[C@@H]2O1. The van der Waals surface area contributed by atoms with E-state index < -0.39 is 44.1 Å². The number of hydrogen-bond donors (Lipinski definition) is 2. The topological polar surface area (TPSA) is 163 Å². The van der Waals surface area contributed by atoms with Gasteiger partial charge in [-0.25, -0.2) is 14.1 Å². The third-order valence-electron chi connectivity index (χ3n) is 5.71. The molecule has 2 aliphatic rings. The molecule has 2 aromatic heterocycles. The van der Waals surface area contributed by atoms with Gasteiger partial charge in [-0.3, -0.25) is 9.42 Å². The summed E-state index contributed by atoms with van der Waals surface area (Å²) in [6.45, 7) is 2.73. The van der Waals surface area contributed by atoms with Gasteiger partial charge in [-0.2, -0.15) is 10.4 Å². The number of nitriles is 1. The molecular weight excluding hydrogens is 501 g/mol. The number of para-hydroxylation sites is 1. The lowest BCUT2D eigenvalue weighted by Gasteiger charge is -2.29. The molecule has 12 nitrogen and oxygen atoms in total. The average Bonchev–Trinajstić information content (AvgIpc) is 3.45. The lowest BCUT2D eigenvalue weighted by molar-refractivity contribution is -0.204. The van der Waals surface area contributed by atoms with Crippen LogP contribution in [-0.2, 0) is 23.3 Å². The number of aromatic nitrogens is 3. The molecule has 1 aromatic carbocycles. The second kappa shape index (κ2) is 8.43. The van der Waals surface area contributed by atoms with Crippen LogP contribution in [0.5, 0.6) is 5.75 Å². The summed E-state index contributed by atoms with van der Waals surface area (Å²) in [7, 11) is -4.70. The first kappa shape index (κ1) is 24.0. The predicted octanol–water partition coefficient (Wildman–Crippen LogP) is 3.01. The van der Waals surface area contributed by atoms with Gasteiger partial charge in [0, 0.05) is 0 Å². The molecule has 3 N–H and O–H groups in total. The van der Waals surface area contributed by atoms with Gasteiger partial charge in [0.1, 0.15) is 48.6 Å². The minimum absolute atomic E-state index is 0.0485. The molecule has 5 rings (SSSR count). The molecule has 0 saturated carbocycles. The number of ether oxygens (including phenoxy) is 3. The highest BCUT2D eigenvalue weighted by atomic mass is 35.5. The number of halogens is 1. The standard InChI is InChI=1S/C21H21ClN5O7P/c1-20(2)31-17-16(13-7-8-14-19(24)25-11-26-27(13)14)32-21(9-23,18(17)33-20)10-30-35(28,29)34-15-6-4-3-5-12(15)22/h3-8,11,16-18H,10H2,1-2H3,(H,28,29)(H2,24,25,26)/t16-,17-,18-,21-/m1/s1. The molecular formula is C21H21ClN5O7P. The minimum atomic E-state index is -4.70. The van der Waals surface area contributed by atoms with E-state index in [1.807, 2.05) is 0 Å². The Morgan fingerprint density at radius 2 is 2.06 bits per heavy atom. The fourth-order valence-electron chi connectivity index (χ4n) is 4.23. The number of rotatable bonds is 6. The number of phosphoric ester groups is 1. The first-order chi connectivity index (χ1) is 16.5. The lowest BCUT2D eigenvalue weighted by atomic mass is 9.96. The van der Waals surface area contributed by atoms with Crippen LogP contribution < -0.4 is 10.3 Å². The number of nitrogens with zero attached hydrogens (tertiary/aromatic N) is 4. The molecule has 35 heavy (non-hydrogen) atoms. The van der Waals surface area contributed by atoms with Crippen LogP contribution in [0.2, 0.25) is 5.02 Å². The monoisotopic (exact) mass is 521 g/mol. The highest BCUT2D eigenvalue weighted by Gasteiger charge is 2.65. The zero-order valence-electron chi connectivity index (χ0n) is 18.6. The maximum absolute atomic E-state index is 12.7. The molecule has 2 aliphatic heterocycles. The molecule has 2 saturated heterocycles. The first-order valence-corrected chi connectivity index (χ1v) is 12.4. The number of hydrogen-bond acceptors (Lipinski definition) is 10. The molecule has 4 heterocycles. The van der Waals surface area contributed by atoms with E-state index in [9.17, 15) is 14.7 Å². The van der Waals surface area contributed by atoms with Crippen molar-refractivity contribution >= 4 is 30.8 Å². The zero-order chi connectivity index (χ0) is 25.0. The third kappa shape index (κ3) is 4.26. The van der Waals surface area contributed by atoms with Crippen molar-refractivity contribution in [3.05, 3.63) is 53.4 Å². The summed E-state index contributed by atoms with van der Waals surface area (Å²) >= 11 is 6.00. The average molecular weight is 522 g/mol. The first-order valence-electron chi connectivity index (χ1n) is 10.5. The van der Waals surface area contributed by atoms with Crippen molar-refractivity contribution in [2.45, 2.75) is 43.5 Å². The van der Waals surface area contributed by atoms with Crippen LogP contribution in [-0.4, -0.2) is 49.7 Å². The van der Waals surface area contributed by atoms with Crippen molar-refractivity contribution in [3.63, 3.8) is 0 Å². The number of phosphoric acid groups is 1. The normalized spacial score (nSPS) is 28.9. The second-order valence-electron chi connectivity index (χ2n) is 8.52. The number of nitrogen functional groups attached to an aromatic ring is 1. The third-order valence-corrected chi connectivity index (χ3v) is 6.90. The number of anilines is 1. The van der Waals surface area contributed by atoms with Gasteiger partial charge in [-0.15, -0.1) is 0 Å². The number of fused-ring (bicyclic) bond motifs is 2. The van der Waals surface area contributed by atoms with Crippen LogP contribution in [0, 0.1) is 11.3 Å². The second-order valence-corrected chi connectivity index (χ2v) is 10.3. The van der Waals surface area contributed by atoms with Gasteiger partial charge in [0.05, 0.1) is 10.7 Å². The quantitative estimate of drug-likeness (QED) is 0.458. The molecule has 0 aliphatic carbocycles. The van der Waals surface area contributed by atoms with Gasteiger partial charge in [-0.05, 0) is 38.1 Å². The van der Waals surface area contributed by atoms with Gasteiger partial charge >= 0.3 is 7.82 Å². The van der Waals surface area contributed by atoms with E-state index in [1.165, 1.54) is 23.0 Å². The molecule has 3 aromatic rings. The van der Waals surface area contributed by atoms with Gasteiger partial charge in [0.25, 0.3) is 0 Å². The van der Waals surface area contributed by atoms with Crippen molar-refractivity contribution < 1.29 is 32.7 Å². The van der Waals surface area contributed by atoms with Crippen LogP contribution in [0.3, 0.4) is 0 Å². The largest absolute Gasteiger partial charge is 0.527 e. The summed E-state index contributed by atoms with van der Waals surface area (Å²) < 4.78 is 42.7. The van der Waals surface area contributed by atoms with Crippen LogP contribution >= 0.6 is 19.4 Å². The van der Waals surface area contributed by atoms with E-state index in [2.05, 4.69) is 16.2 Å². The summed E-state index contributed by atoms with van der Waals surface area (Å²) in [5.41, 5.74) is 5.20. The van der Waals surface area contributed by atoms with E-state index in [1.54, 1.807) is 38.1 Å². The van der Waals surface area contributed by atoms with Gasteiger partial charge in [-0.1, -0.05) is 23.7 Å². The number of benzene rings is 1. The summed E-state index contributed by atoms with van der Waals surface area (Å²) in [5.74, 6) is -0.845. The van der Waals surface area contributed by atoms with E-state index in [0.717, 1.165) is 0 Å². The van der Waals surface area contributed by atoms with E-state index in [4.69, 9.17) is 40.6 Å². The van der Waals surface area contributed by atoms with Gasteiger partial charge < -0.3 is 24.5 Å². The van der Waals surface area contributed by atoms with Crippen molar-refractivity contribution in [2.24, 2.45) is 0 Å². The Bertz CT molecular complexity index is 1380. The van der Waals surface area contributed by atoms with Crippen LogP contribution in [0.1, 0.15) is 25.6 Å². The predicted molar refractivity (Wildman–Crippen MR) is 121 cm³/mol. The molecule has 5 atom stereocenters. The fraction of sp³-hybridized carbons (Fsp3) is 0.381. The Balaban J connectivity index is 1.45. The Labute approximate surface area is 204 Å². The minimum Gasteiger partial charge on any atom is -0.403 e. The maximum atomic E-state index is 12.7. The Morgan fingerprint density at radius 1 is 1.29 bits per heavy atom. The van der Waals surface area contributed by atoms with E-state index in [0.29, 0.717) is 11.2 Å². The van der Waals surface area contributed by atoms with Crippen LogP contribution in [0.15, 0.2) is 42.7 Å². The van der Waals surface area contributed by atoms with Crippen molar-refractivity contribution in [1.82, 2.24) is 14.6 Å². The summed E-state index contributed by atoms with van der Waals surface area (Å²) in [6.07, 6.45) is -1.27. The smallest absolute Gasteiger partial charge is 0.403 e. The zero-order valence-corrected chi connectivity index (χ0v) is 20.2. The Kier molecular flexibility index (Phi) is 5.77. The molecule has 0 radical (unpaired) electrons. The van der Waals surface area contributed by atoms with E-state index in [-0.39, 0.29) is 16.6 Å². The van der Waals surface area contributed by atoms with Crippen molar-refractivity contribution in [1.29, 1.82) is 5.26 Å². The highest BCUT2D eigenvalue weighted by Crippen LogP contribution is 2.53. The molecule has 184 valence electrons. The fourth-order valence-corrected chi connectivity index (χ4v) is 5.28. The molecule has 0 amide bonds. The maximum Gasteiger partial charge on any atom is 0.527 e. The molecule has 0 spiro atoms. The molecule has 2 fully saturated rings. The molecule has 14 heteroatoms. The molecule has 0 bridgehead atoms. The highest BCUT2D eigenvalue weighted by molar-refractivity contribution is 7.47. The summed E-state index contributed by atoms with van der Waals surface area (Å²) in [6, 6.07) is 11.6. The van der Waals surface area contributed by atoms with Crippen molar-refractivity contribution in [2.75, 3.05) is 12.3 Å². The van der Waals surface area contributed by atoms with E-state index >= 15 is 0 Å². The van der Waals surface area contributed by atoms with Crippen LogP contribution in [0.25, 0.3) is 5.52 Å². The molecule has 1 unspecified atom stereocenters. The number of nitrogens with two attached hydrogens (primary N) is 1. The Hall–Kier alpha value is -2.75. The van der Waals surface area contributed by atoms with Gasteiger partial charge in [0.2, 0.25) is 5.60 Å². The Morgan fingerprint density at radius 3 is 2.80 bits per heavy atom. The van der Waals surface area contributed by atoms with Crippen LogP contribution in [0.4, 0.5) is 5.82 Å². The summed E-state index contributed by atoms with van der Waals surface area (Å²) in [5, 5.41) is 14.5. The summed E-state index contributed by atoms with van der Waals surface area (Å²) in [4.78, 5) is 14.3. The van der Waals surface area contributed by atoms with Crippen molar-refractivity contribution in [3.8, 4) is 11.8 Å². The lowest BCUT2D eigenvalue weighted by Crippen LogP contribution is -2.45.